The molecule has 1 heterocycles. The number of aromatic carboxylic acids is 1. The average molecular weight is 402 g/mol. The van der Waals surface area contributed by atoms with Gasteiger partial charge in [-0.15, -0.1) is 0 Å². The van der Waals surface area contributed by atoms with E-state index < -0.39 is 17.3 Å². The maximum absolute atomic E-state index is 12.7. The number of rotatable bonds is 11. The summed E-state index contributed by atoms with van der Waals surface area (Å²) < 4.78 is 6.76. The number of benzene rings is 1. The Morgan fingerprint density at radius 3 is 2.34 bits per heavy atom. The third-order valence-electron chi connectivity index (χ3n) is 4.09. The fourth-order valence-corrected chi connectivity index (χ4v) is 2.40. The van der Waals surface area contributed by atoms with Crippen LogP contribution >= 0.6 is 0 Å². The van der Waals surface area contributed by atoms with Crippen molar-refractivity contribution < 1.29 is 24.3 Å². The van der Waals surface area contributed by atoms with E-state index in [1.165, 1.54) is 41.3 Å². The summed E-state index contributed by atoms with van der Waals surface area (Å²) >= 11 is 0. The van der Waals surface area contributed by atoms with Crippen LogP contribution in [0.3, 0.4) is 0 Å². The number of carbonyl (C=O) groups excluding carboxylic acids is 1. The summed E-state index contributed by atoms with van der Waals surface area (Å²) in [6.07, 6.45) is 4.83. The smallest absolute Gasteiger partial charge is 0.335 e. The molecule has 0 aliphatic rings. The number of hydrogen-bond acceptors (Lipinski definition) is 5. The van der Waals surface area contributed by atoms with Gasteiger partial charge in [-0.1, -0.05) is 26.7 Å². The Bertz CT molecular complexity index is 889. The van der Waals surface area contributed by atoms with E-state index in [0.29, 0.717) is 18.9 Å². The molecule has 0 bridgehead atoms. The van der Waals surface area contributed by atoms with Crippen molar-refractivity contribution in [1.29, 1.82) is 0 Å². The van der Waals surface area contributed by atoms with Gasteiger partial charge < -0.3 is 20.0 Å². The van der Waals surface area contributed by atoms with E-state index in [-0.39, 0.29) is 17.0 Å². The van der Waals surface area contributed by atoms with Crippen LogP contribution in [0.1, 0.15) is 60.4 Å². The second kappa shape index (κ2) is 10.9. The lowest BCUT2D eigenvalue weighted by Gasteiger charge is -2.16. The summed E-state index contributed by atoms with van der Waals surface area (Å²) in [6.45, 7) is 4.82. The van der Waals surface area contributed by atoms with Crippen LogP contribution in [0.15, 0.2) is 41.3 Å². The summed E-state index contributed by atoms with van der Waals surface area (Å²) in [5.74, 6) is -1.49. The number of hydrogen-bond donors (Lipinski definition) is 2. The highest BCUT2D eigenvalue weighted by Gasteiger charge is 2.16. The predicted molar refractivity (Wildman–Crippen MR) is 109 cm³/mol. The number of carboxylic acid groups (broad SMARTS) is 1. The zero-order valence-corrected chi connectivity index (χ0v) is 16.6. The second-order valence-corrected chi connectivity index (χ2v) is 6.44. The zero-order chi connectivity index (χ0) is 21.2. The molecule has 0 fully saturated rings. The van der Waals surface area contributed by atoms with Crippen molar-refractivity contribution in [2.24, 2.45) is 0 Å². The van der Waals surface area contributed by atoms with E-state index in [9.17, 15) is 14.4 Å². The van der Waals surface area contributed by atoms with E-state index in [2.05, 4.69) is 5.32 Å². The number of pyridine rings is 1. The predicted octanol–water partition coefficient (Wildman–Crippen LogP) is 3.21. The molecule has 156 valence electrons. The zero-order valence-electron chi connectivity index (χ0n) is 16.6. The fraction of sp³-hybridized carbons (Fsp3) is 0.381. The van der Waals surface area contributed by atoms with E-state index in [4.69, 9.17) is 14.7 Å². The Hall–Kier alpha value is -3.29. The van der Waals surface area contributed by atoms with Gasteiger partial charge in [-0.05, 0) is 37.1 Å². The van der Waals surface area contributed by atoms with Gasteiger partial charge in [0.25, 0.3) is 5.91 Å². The summed E-state index contributed by atoms with van der Waals surface area (Å²) in [7, 11) is 0. The van der Waals surface area contributed by atoms with Gasteiger partial charge in [0, 0.05) is 11.8 Å². The van der Waals surface area contributed by atoms with E-state index >= 15 is 0 Å². The minimum absolute atomic E-state index is 0.0243. The van der Waals surface area contributed by atoms with E-state index in [1.807, 2.05) is 13.8 Å². The van der Waals surface area contributed by atoms with Gasteiger partial charge in [-0.2, -0.15) is 4.73 Å². The first-order valence-corrected chi connectivity index (χ1v) is 9.63. The number of aromatic nitrogens is 1. The van der Waals surface area contributed by atoms with Gasteiger partial charge >= 0.3 is 5.97 Å². The molecule has 8 heteroatoms. The van der Waals surface area contributed by atoms with Crippen LogP contribution in [0.5, 0.6) is 5.75 Å². The van der Waals surface area contributed by atoms with Crippen molar-refractivity contribution in [2.45, 2.75) is 39.5 Å². The molecule has 0 atom stereocenters. The maximum atomic E-state index is 12.7. The number of anilines is 1. The highest BCUT2D eigenvalue weighted by Crippen LogP contribution is 2.13. The first-order chi connectivity index (χ1) is 14.0. The lowest BCUT2D eigenvalue weighted by Crippen LogP contribution is -2.27. The molecule has 0 saturated carbocycles. The van der Waals surface area contributed by atoms with Crippen molar-refractivity contribution in [3.63, 3.8) is 0 Å². The van der Waals surface area contributed by atoms with Crippen molar-refractivity contribution in [3.05, 3.63) is 58.0 Å². The number of nitrogens with one attached hydrogen (secondary N) is 1. The Labute approximate surface area is 169 Å². The molecule has 0 unspecified atom stereocenters. The molecule has 0 radical (unpaired) electrons. The maximum Gasteiger partial charge on any atom is 0.335 e. The molecule has 0 aliphatic heterocycles. The molecule has 0 saturated heterocycles. The topological polar surface area (TPSA) is 107 Å². The average Bonchev–Trinajstić information content (AvgIpc) is 2.70. The molecule has 0 spiro atoms. The van der Waals surface area contributed by atoms with Crippen LogP contribution < -0.4 is 20.3 Å². The normalized spacial score (nSPS) is 10.4. The third kappa shape index (κ3) is 6.38. The largest absolute Gasteiger partial charge is 0.488 e. The van der Waals surface area contributed by atoms with Gasteiger partial charge in [-0.25, -0.2) is 4.79 Å². The number of carbonyl (C=O) groups is 2. The molecule has 2 aromatic rings. The van der Waals surface area contributed by atoms with Crippen molar-refractivity contribution >= 4 is 17.6 Å². The standard InChI is InChI=1S/C21H26N2O6/c1-3-5-11-28-19-14-23(29-12-6-4-2)17(13-18(19)24)20(25)22-16-9-7-15(8-10-16)21(26)27/h7-10,13-14H,3-6,11-12H2,1-2H3,(H,22,25)(H,26,27). The van der Waals surface area contributed by atoms with Crippen LogP contribution in [-0.4, -0.2) is 34.9 Å². The van der Waals surface area contributed by atoms with Crippen LogP contribution in [0, 0.1) is 0 Å². The first-order valence-electron chi connectivity index (χ1n) is 9.63. The number of ether oxygens (including phenoxy) is 1. The molecule has 0 aliphatic carbocycles. The minimum Gasteiger partial charge on any atom is -0.488 e. The summed E-state index contributed by atoms with van der Waals surface area (Å²) in [5, 5.41) is 11.6. The van der Waals surface area contributed by atoms with Crippen molar-refractivity contribution in [3.8, 4) is 5.75 Å². The molecular formula is C21H26N2O6. The van der Waals surface area contributed by atoms with Gasteiger partial charge in [0.2, 0.25) is 5.43 Å². The molecule has 1 aromatic heterocycles. The molecule has 2 N–H and O–H groups in total. The monoisotopic (exact) mass is 402 g/mol. The molecule has 29 heavy (non-hydrogen) atoms. The Morgan fingerprint density at radius 2 is 1.72 bits per heavy atom. The number of unbranched alkanes of at least 4 members (excludes halogenated alkanes) is 2. The molecule has 8 nitrogen and oxygen atoms in total. The van der Waals surface area contributed by atoms with Crippen LogP contribution in [0.2, 0.25) is 0 Å². The number of amides is 1. The molecule has 1 amide bonds. The Morgan fingerprint density at radius 1 is 1.07 bits per heavy atom. The first kappa shape index (κ1) is 22.0. The Kier molecular flexibility index (Phi) is 8.27. The molecule has 2 rings (SSSR count). The van der Waals surface area contributed by atoms with Crippen LogP contribution in [0.25, 0.3) is 0 Å². The van der Waals surface area contributed by atoms with Gasteiger partial charge in [-0.3, -0.25) is 9.59 Å². The SMILES string of the molecule is CCCCOc1cn(OCCCC)c(C(=O)Nc2ccc(C(=O)O)cc2)cc1=O. The molecule has 1 aromatic carbocycles. The van der Waals surface area contributed by atoms with Crippen molar-refractivity contribution in [2.75, 3.05) is 18.5 Å². The summed E-state index contributed by atoms with van der Waals surface area (Å²) in [4.78, 5) is 41.6. The minimum atomic E-state index is -1.06. The second-order valence-electron chi connectivity index (χ2n) is 6.44. The lowest BCUT2D eigenvalue weighted by molar-refractivity contribution is 0.0696. The van der Waals surface area contributed by atoms with E-state index in [1.54, 1.807) is 0 Å². The number of nitrogens with zero attached hydrogens (tertiary/aromatic N) is 1. The molecular weight excluding hydrogens is 376 g/mol. The van der Waals surface area contributed by atoms with Gasteiger partial charge in [0.05, 0.1) is 18.4 Å². The highest BCUT2D eigenvalue weighted by molar-refractivity contribution is 6.03. The lowest BCUT2D eigenvalue weighted by atomic mass is 10.2. The van der Waals surface area contributed by atoms with E-state index in [0.717, 1.165) is 25.7 Å². The van der Waals surface area contributed by atoms with Gasteiger partial charge in [0.1, 0.15) is 12.3 Å². The van der Waals surface area contributed by atoms with Crippen LogP contribution in [0.4, 0.5) is 5.69 Å². The number of carboxylic acids is 1. The summed E-state index contributed by atoms with van der Waals surface area (Å²) in [5.41, 5.74) is 0.117. The highest BCUT2D eigenvalue weighted by atomic mass is 16.7. The van der Waals surface area contributed by atoms with Crippen LogP contribution in [-0.2, 0) is 0 Å². The van der Waals surface area contributed by atoms with Gasteiger partial charge in [0.15, 0.2) is 5.75 Å². The fourth-order valence-electron chi connectivity index (χ4n) is 2.40. The Balaban J connectivity index is 2.25. The summed E-state index contributed by atoms with van der Waals surface area (Å²) in [6, 6.07) is 6.89. The third-order valence-corrected chi connectivity index (χ3v) is 4.09. The van der Waals surface area contributed by atoms with Crippen molar-refractivity contribution in [1.82, 2.24) is 4.73 Å². The quantitative estimate of drug-likeness (QED) is 0.559.